The number of carboxylic acids is 1. The molecule has 0 aliphatic heterocycles. The number of carbonyl (C=O) groups is 2. The number of unbranched alkanes of at least 4 members (excludes halogenated alkanes) is 1. The number of amides is 1. The summed E-state index contributed by atoms with van der Waals surface area (Å²) in [6, 6.07) is 5.76. The van der Waals surface area contributed by atoms with Crippen molar-refractivity contribution in [3.05, 3.63) is 71.8 Å². The van der Waals surface area contributed by atoms with Crippen LogP contribution in [0.15, 0.2) is 65.8 Å². The third-order valence-electron chi connectivity index (χ3n) is 2.83. The molecule has 5 nitrogen and oxygen atoms in total. The van der Waals surface area contributed by atoms with E-state index in [1.807, 2.05) is 12.2 Å². The van der Waals surface area contributed by atoms with Crippen LogP contribution in [0.4, 0.5) is 0 Å². The number of carboxylic acid groups (broad SMARTS) is 1. The van der Waals surface area contributed by atoms with E-state index in [1.54, 1.807) is 12.2 Å². The number of benzene rings is 1. The van der Waals surface area contributed by atoms with Gasteiger partial charge in [0.25, 0.3) is 5.91 Å². The molecule has 120 valence electrons. The molecule has 1 aromatic rings. The molecule has 0 radical (unpaired) electrons. The third kappa shape index (κ3) is 6.56. The van der Waals surface area contributed by atoms with Gasteiger partial charge in [-0.1, -0.05) is 50.3 Å². The highest BCUT2D eigenvalue weighted by atomic mass is 16.4. The predicted octanol–water partition coefficient (Wildman–Crippen LogP) is 3.57. The molecule has 2 N–H and O–H groups in total. The summed E-state index contributed by atoms with van der Waals surface area (Å²) in [5.74, 6) is -1.56. The molecular weight excluding hydrogens is 292 g/mol. The molecular formula is C18H20N2O3. The van der Waals surface area contributed by atoms with E-state index in [-0.39, 0.29) is 11.1 Å². The molecule has 1 rings (SSSR count). The summed E-state index contributed by atoms with van der Waals surface area (Å²) in [7, 11) is 0. The lowest BCUT2D eigenvalue weighted by atomic mass is 10.1. The SMILES string of the molecule is C=C/C=C(\C=C/CCC)/C=N/NC(=O)c1cccc(C(=O)O)c1. The van der Waals surface area contributed by atoms with Gasteiger partial charge in [0.05, 0.1) is 11.8 Å². The average molecular weight is 312 g/mol. The van der Waals surface area contributed by atoms with E-state index in [9.17, 15) is 9.59 Å². The molecule has 0 bridgehead atoms. The molecule has 0 atom stereocenters. The second kappa shape index (κ2) is 9.89. The van der Waals surface area contributed by atoms with Gasteiger partial charge in [-0.2, -0.15) is 5.10 Å². The monoisotopic (exact) mass is 312 g/mol. The fourth-order valence-corrected chi connectivity index (χ4v) is 1.69. The van der Waals surface area contributed by atoms with Gasteiger partial charge in [-0.3, -0.25) is 4.79 Å². The fraction of sp³-hybridized carbons (Fsp3) is 0.167. The summed E-state index contributed by atoms with van der Waals surface area (Å²) < 4.78 is 0. The van der Waals surface area contributed by atoms with Crippen LogP contribution in [0.25, 0.3) is 0 Å². The molecule has 0 saturated heterocycles. The van der Waals surface area contributed by atoms with Gasteiger partial charge in [-0.05, 0) is 30.2 Å². The number of aromatic carboxylic acids is 1. The first-order valence-corrected chi connectivity index (χ1v) is 7.24. The van der Waals surface area contributed by atoms with E-state index < -0.39 is 11.9 Å². The van der Waals surface area contributed by atoms with E-state index in [0.29, 0.717) is 0 Å². The van der Waals surface area contributed by atoms with Crippen molar-refractivity contribution < 1.29 is 14.7 Å². The largest absolute Gasteiger partial charge is 0.478 e. The number of hydrazone groups is 1. The number of hydrogen-bond acceptors (Lipinski definition) is 3. The molecule has 5 heteroatoms. The number of nitrogens with one attached hydrogen (secondary N) is 1. The van der Waals surface area contributed by atoms with Crippen molar-refractivity contribution in [2.24, 2.45) is 5.10 Å². The van der Waals surface area contributed by atoms with Gasteiger partial charge in [0.2, 0.25) is 0 Å². The first-order valence-electron chi connectivity index (χ1n) is 7.24. The molecule has 0 saturated carbocycles. The van der Waals surface area contributed by atoms with Gasteiger partial charge in [-0.25, -0.2) is 10.2 Å². The van der Waals surface area contributed by atoms with E-state index in [2.05, 4.69) is 24.0 Å². The maximum absolute atomic E-state index is 11.9. The number of nitrogens with zero attached hydrogens (tertiary/aromatic N) is 1. The molecule has 0 spiro atoms. The Balaban J connectivity index is 2.73. The molecule has 0 aliphatic rings. The zero-order valence-electron chi connectivity index (χ0n) is 13.0. The van der Waals surface area contributed by atoms with Crippen molar-refractivity contribution in [1.29, 1.82) is 0 Å². The molecule has 1 amide bonds. The fourth-order valence-electron chi connectivity index (χ4n) is 1.69. The smallest absolute Gasteiger partial charge is 0.335 e. The Morgan fingerprint density at radius 2 is 2.09 bits per heavy atom. The van der Waals surface area contributed by atoms with E-state index in [0.717, 1.165) is 18.4 Å². The molecule has 0 aromatic heterocycles. The first-order chi connectivity index (χ1) is 11.1. The zero-order chi connectivity index (χ0) is 17.1. The Labute approximate surface area is 135 Å². The standard InChI is InChI=1S/C18H20N2O3/c1-3-5-6-9-14(8-4-2)13-19-20-17(21)15-10-7-11-16(12-15)18(22)23/h4,6-13H,2-3,5H2,1H3,(H,20,21)(H,22,23)/b9-6-,14-8+,19-13+. The molecule has 1 aromatic carbocycles. The molecule has 0 aliphatic carbocycles. The van der Waals surface area contributed by atoms with Crippen LogP contribution in [0, 0.1) is 0 Å². The lowest BCUT2D eigenvalue weighted by Crippen LogP contribution is -2.18. The van der Waals surface area contributed by atoms with E-state index in [1.165, 1.54) is 30.5 Å². The Morgan fingerprint density at radius 3 is 2.74 bits per heavy atom. The van der Waals surface area contributed by atoms with Gasteiger partial charge in [-0.15, -0.1) is 0 Å². The van der Waals surface area contributed by atoms with Crippen molar-refractivity contribution in [1.82, 2.24) is 5.43 Å². The summed E-state index contributed by atoms with van der Waals surface area (Å²) in [6.07, 6.45) is 10.8. The van der Waals surface area contributed by atoms with Crippen LogP contribution in [0.3, 0.4) is 0 Å². The van der Waals surface area contributed by atoms with Crippen LogP contribution in [0.1, 0.15) is 40.5 Å². The van der Waals surface area contributed by atoms with E-state index >= 15 is 0 Å². The van der Waals surface area contributed by atoms with E-state index in [4.69, 9.17) is 5.11 Å². The highest BCUT2D eigenvalue weighted by Crippen LogP contribution is 2.05. The topological polar surface area (TPSA) is 78.8 Å². The summed E-state index contributed by atoms with van der Waals surface area (Å²) in [5, 5.41) is 12.8. The van der Waals surface area contributed by atoms with Gasteiger partial charge in [0.1, 0.15) is 0 Å². The molecule has 23 heavy (non-hydrogen) atoms. The third-order valence-corrected chi connectivity index (χ3v) is 2.83. The van der Waals surface area contributed by atoms with Gasteiger partial charge in [0.15, 0.2) is 0 Å². The highest BCUT2D eigenvalue weighted by Gasteiger charge is 2.08. The predicted molar refractivity (Wildman–Crippen MR) is 91.7 cm³/mol. The van der Waals surface area contributed by atoms with Crippen molar-refractivity contribution >= 4 is 18.1 Å². The maximum atomic E-state index is 11.9. The summed E-state index contributed by atoms with van der Waals surface area (Å²) in [5.41, 5.74) is 3.46. The van der Waals surface area contributed by atoms with Crippen LogP contribution in [-0.4, -0.2) is 23.2 Å². The van der Waals surface area contributed by atoms with Crippen LogP contribution < -0.4 is 5.43 Å². The number of hydrogen-bond donors (Lipinski definition) is 2. The summed E-state index contributed by atoms with van der Waals surface area (Å²) >= 11 is 0. The van der Waals surface area contributed by atoms with Crippen LogP contribution >= 0.6 is 0 Å². The van der Waals surface area contributed by atoms with Crippen LogP contribution in [0.5, 0.6) is 0 Å². The number of carbonyl (C=O) groups excluding carboxylic acids is 1. The summed E-state index contributed by atoms with van der Waals surface area (Å²) in [6.45, 7) is 5.71. The van der Waals surface area contributed by atoms with Crippen molar-refractivity contribution in [2.75, 3.05) is 0 Å². The van der Waals surface area contributed by atoms with Crippen molar-refractivity contribution in [2.45, 2.75) is 19.8 Å². The lowest BCUT2D eigenvalue weighted by molar-refractivity contribution is 0.0697. The second-order valence-electron chi connectivity index (χ2n) is 4.68. The number of allylic oxidation sites excluding steroid dienone is 5. The minimum Gasteiger partial charge on any atom is -0.478 e. The Morgan fingerprint density at radius 1 is 1.35 bits per heavy atom. The van der Waals surface area contributed by atoms with Crippen LogP contribution in [-0.2, 0) is 0 Å². The quantitative estimate of drug-likeness (QED) is 0.437. The number of rotatable bonds is 8. The van der Waals surface area contributed by atoms with Crippen molar-refractivity contribution in [3.8, 4) is 0 Å². The normalized spacial score (nSPS) is 11.8. The lowest BCUT2D eigenvalue weighted by Gasteiger charge is -2.01. The minimum absolute atomic E-state index is 0.0522. The molecule has 0 fully saturated rings. The molecule has 0 heterocycles. The Bertz CT molecular complexity index is 658. The van der Waals surface area contributed by atoms with Gasteiger partial charge < -0.3 is 5.11 Å². The second-order valence-corrected chi connectivity index (χ2v) is 4.68. The van der Waals surface area contributed by atoms with Crippen LogP contribution in [0.2, 0.25) is 0 Å². The Kier molecular flexibility index (Phi) is 7.78. The van der Waals surface area contributed by atoms with Gasteiger partial charge in [0, 0.05) is 5.56 Å². The molecule has 0 unspecified atom stereocenters. The first kappa shape index (κ1) is 18.1. The Hall–Kier alpha value is -2.95. The highest BCUT2D eigenvalue weighted by molar-refractivity contribution is 5.97. The minimum atomic E-state index is -1.08. The zero-order valence-corrected chi connectivity index (χ0v) is 13.0. The maximum Gasteiger partial charge on any atom is 0.335 e. The summed E-state index contributed by atoms with van der Waals surface area (Å²) in [4.78, 5) is 22.8. The van der Waals surface area contributed by atoms with Gasteiger partial charge >= 0.3 is 5.97 Å². The average Bonchev–Trinajstić information content (AvgIpc) is 2.55. The van der Waals surface area contributed by atoms with Crippen molar-refractivity contribution in [3.63, 3.8) is 0 Å².